The Labute approximate surface area is 176 Å². The fraction of sp³-hybridized carbons (Fsp3) is 0.0833. The second-order valence-electron chi connectivity index (χ2n) is 7.28. The van der Waals surface area contributed by atoms with E-state index in [0.717, 1.165) is 6.26 Å². The number of rotatable bonds is 3. The highest BCUT2D eigenvalue weighted by molar-refractivity contribution is 5.97. The van der Waals surface area contributed by atoms with Gasteiger partial charge in [0, 0.05) is 28.8 Å². The average molecular weight is 416 g/mol. The third-order valence-electron chi connectivity index (χ3n) is 5.38. The Morgan fingerprint density at radius 1 is 1.00 bits per heavy atom. The number of aromatic hydroxyl groups is 1. The zero-order valence-electron chi connectivity index (χ0n) is 16.3. The third-order valence-corrected chi connectivity index (χ3v) is 5.38. The van der Waals surface area contributed by atoms with E-state index in [1.54, 1.807) is 36.4 Å². The van der Waals surface area contributed by atoms with Gasteiger partial charge in [-0.15, -0.1) is 0 Å². The number of ether oxygens (including phenoxy) is 3. The van der Waals surface area contributed by atoms with E-state index in [2.05, 4.69) is 0 Å². The van der Waals surface area contributed by atoms with Crippen molar-refractivity contribution in [2.24, 2.45) is 0 Å². The smallest absolute Gasteiger partial charge is 0.340 e. The number of carbonyl (C=O) groups excluding carboxylic acids is 1. The van der Waals surface area contributed by atoms with E-state index in [1.165, 1.54) is 19.1 Å². The number of aliphatic carboxylic acids is 1. The first kappa shape index (κ1) is 18.7. The lowest BCUT2D eigenvalue weighted by molar-refractivity contribution is -0.132. The first-order valence-electron chi connectivity index (χ1n) is 9.45. The zero-order chi connectivity index (χ0) is 21.8. The summed E-state index contributed by atoms with van der Waals surface area (Å²) in [6.07, 6.45) is 1.13. The molecule has 0 saturated carbocycles. The van der Waals surface area contributed by atoms with Crippen molar-refractivity contribution in [1.29, 1.82) is 0 Å². The topological polar surface area (TPSA) is 102 Å². The number of benzene rings is 3. The van der Waals surface area contributed by atoms with Crippen molar-refractivity contribution >= 4 is 11.9 Å². The molecule has 2 aliphatic rings. The van der Waals surface area contributed by atoms with Gasteiger partial charge in [-0.2, -0.15) is 0 Å². The van der Waals surface area contributed by atoms with Crippen LogP contribution in [0.2, 0.25) is 0 Å². The van der Waals surface area contributed by atoms with Gasteiger partial charge in [0.05, 0.1) is 11.1 Å². The third kappa shape index (κ3) is 2.74. The summed E-state index contributed by atoms with van der Waals surface area (Å²) in [4.78, 5) is 23.7. The van der Waals surface area contributed by atoms with Crippen LogP contribution in [-0.2, 0) is 15.1 Å². The van der Waals surface area contributed by atoms with Crippen molar-refractivity contribution in [3.05, 3.63) is 94.8 Å². The van der Waals surface area contributed by atoms with Crippen molar-refractivity contribution < 1.29 is 34.0 Å². The van der Waals surface area contributed by atoms with Crippen LogP contribution in [0.1, 0.15) is 34.0 Å². The van der Waals surface area contributed by atoms with Gasteiger partial charge in [0.25, 0.3) is 0 Å². The normalized spacial score (nSPS) is 18.5. The van der Waals surface area contributed by atoms with E-state index in [0.29, 0.717) is 39.5 Å². The summed E-state index contributed by atoms with van der Waals surface area (Å²) in [6.45, 7) is 1.42. The van der Waals surface area contributed by atoms with Crippen LogP contribution in [-0.4, -0.2) is 22.2 Å². The predicted molar refractivity (Wildman–Crippen MR) is 108 cm³/mol. The fourth-order valence-corrected chi connectivity index (χ4v) is 3.93. The molecule has 154 valence electrons. The molecule has 0 aliphatic carbocycles. The Kier molecular flexibility index (Phi) is 4.01. The van der Waals surface area contributed by atoms with E-state index >= 15 is 0 Å². The van der Waals surface area contributed by atoms with Gasteiger partial charge in [-0.3, -0.25) is 0 Å². The molecule has 31 heavy (non-hydrogen) atoms. The SMILES string of the molecule is CC(=COc1ccc2c(c1)Oc1cc(O)ccc1C21OC(=O)c2ccccc21)C(=O)O. The maximum Gasteiger partial charge on any atom is 0.340 e. The molecule has 0 bridgehead atoms. The minimum Gasteiger partial charge on any atom is -0.508 e. The summed E-state index contributed by atoms with van der Waals surface area (Å²) in [7, 11) is 0. The van der Waals surface area contributed by atoms with Crippen molar-refractivity contribution in [3.8, 4) is 23.0 Å². The molecular weight excluding hydrogens is 400 g/mol. The molecule has 7 heteroatoms. The fourth-order valence-electron chi connectivity index (χ4n) is 3.93. The maximum atomic E-state index is 12.7. The molecule has 3 aromatic carbocycles. The van der Waals surface area contributed by atoms with Gasteiger partial charge in [-0.1, -0.05) is 18.2 Å². The van der Waals surface area contributed by atoms with E-state index < -0.39 is 17.5 Å². The van der Waals surface area contributed by atoms with E-state index in [1.807, 2.05) is 12.1 Å². The Bertz CT molecular complexity index is 1290. The first-order chi connectivity index (χ1) is 14.9. The molecular formula is C24H16O7. The highest BCUT2D eigenvalue weighted by Crippen LogP contribution is 2.56. The van der Waals surface area contributed by atoms with Crippen molar-refractivity contribution in [3.63, 3.8) is 0 Å². The van der Waals surface area contributed by atoms with Crippen LogP contribution in [0.25, 0.3) is 0 Å². The summed E-state index contributed by atoms with van der Waals surface area (Å²) in [5.41, 5.74) is 1.10. The van der Waals surface area contributed by atoms with Crippen LogP contribution >= 0.6 is 0 Å². The molecule has 1 atom stereocenters. The lowest BCUT2D eigenvalue weighted by atomic mass is 9.77. The van der Waals surface area contributed by atoms with E-state index in [4.69, 9.17) is 19.3 Å². The second-order valence-corrected chi connectivity index (χ2v) is 7.28. The number of phenols is 1. The van der Waals surface area contributed by atoms with Gasteiger partial charge < -0.3 is 24.4 Å². The highest BCUT2D eigenvalue weighted by Gasteiger charge is 2.53. The quantitative estimate of drug-likeness (QED) is 0.372. The molecule has 2 heterocycles. The predicted octanol–water partition coefficient (Wildman–Crippen LogP) is 4.33. The first-order valence-corrected chi connectivity index (χ1v) is 9.45. The number of carboxylic acids is 1. The Morgan fingerprint density at radius 3 is 2.48 bits per heavy atom. The molecule has 1 unspecified atom stereocenters. The van der Waals surface area contributed by atoms with Crippen LogP contribution in [0.5, 0.6) is 23.0 Å². The van der Waals surface area contributed by atoms with Gasteiger partial charge >= 0.3 is 11.9 Å². The van der Waals surface area contributed by atoms with E-state index in [-0.39, 0.29) is 11.3 Å². The lowest BCUT2D eigenvalue weighted by Gasteiger charge is -2.36. The standard InChI is InChI=1S/C24H16O7/c1-13(22(26)27)12-29-15-7-9-19-21(11-15)30-20-10-14(25)6-8-18(20)24(19)17-5-3-2-4-16(17)23(28)31-24/h2-12,25H,1H3,(H,26,27). The summed E-state index contributed by atoms with van der Waals surface area (Å²) >= 11 is 0. The number of phenolic OH excluding ortho intramolecular Hbond substituents is 1. The highest BCUT2D eigenvalue weighted by atomic mass is 16.6. The van der Waals surface area contributed by atoms with Crippen molar-refractivity contribution in [2.45, 2.75) is 12.5 Å². The second kappa shape index (κ2) is 6.63. The molecule has 7 nitrogen and oxygen atoms in total. The Balaban J connectivity index is 1.71. The summed E-state index contributed by atoms with van der Waals surface area (Å²) in [6, 6.07) is 16.7. The Morgan fingerprint density at radius 2 is 1.71 bits per heavy atom. The molecule has 0 fully saturated rings. The summed E-state index contributed by atoms with van der Waals surface area (Å²) in [5.74, 6) is -0.499. The van der Waals surface area contributed by atoms with Gasteiger partial charge in [-0.05, 0) is 37.3 Å². The number of fused-ring (bicyclic) bond motifs is 6. The largest absolute Gasteiger partial charge is 0.508 e. The zero-order valence-corrected chi connectivity index (χ0v) is 16.3. The van der Waals surface area contributed by atoms with Gasteiger partial charge in [0.15, 0.2) is 5.60 Å². The van der Waals surface area contributed by atoms with Crippen LogP contribution < -0.4 is 9.47 Å². The molecule has 1 spiro atoms. The summed E-state index contributed by atoms with van der Waals surface area (Å²) < 4.78 is 17.5. The average Bonchev–Trinajstić information content (AvgIpc) is 3.05. The van der Waals surface area contributed by atoms with Crippen LogP contribution in [0, 0.1) is 0 Å². The number of esters is 1. The van der Waals surface area contributed by atoms with Crippen molar-refractivity contribution in [1.82, 2.24) is 0 Å². The lowest BCUT2D eigenvalue weighted by Crippen LogP contribution is -2.32. The van der Waals surface area contributed by atoms with Crippen LogP contribution in [0.15, 0.2) is 72.5 Å². The summed E-state index contributed by atoms with van der Waals surface area (Å²) in [5, 5.41) is 19.0. The number of carbonyl (C=O) groups is 2. The molecule has 2 aliphatic heterocycles. The van der Waals surface area contributed by atoms with E-state index in [9.17, 15) is 14.7 Å². The van der Waals surface area contributed by atoms with Crippen LogP contribution in [0.4, 0.5) is 0 Å². The van der Waals surface area contributed by atoms with Gasteiger partial charge in [-0.25, -0.2) is 9.59 Å². The monoisotopic (exact) mass is 416 g/mol. The molecule has 0 radical (unpaired) electrons. The molecule has 5 rings (SSSR count). The van der Waals surface area contributed by atoms with Crippen LogP contribution in [0.3, 0.4) is 0 Å². The minimum atomic E-state index is -1.24. The number of hydrogen-bond donors (Lipinski definition) is 2. The minimum absolute atomic E-state index is 0.00220. The van der Waals surface area contributed by atoms with Gasteiger partial charge in [0.2, 0.25) is 0 Å². The maximum absolute atomic E-state index is 12.7. The van der Waals surface area contributed by atoms with Crippen molar-refractivity contribution in [2.75, 3.05) is 0 Å². The Hall–Kier alpha value is -4.26. The molecule has 0 saturated heterocycles. The number of hydrogen-bond acceptors (Lipinski definition) is 6. The van der Waals surface area contributed by atoms with Gasteiger partial charge in [0.1, 0.15) is 29.3 Å². The molecule has 0 amide bonds. The molecule has 0 aromatic heterocycles. The number of carboxylic acid groups (broad SMARTS) is 1. The molecule has 3 aromatic rings. The molecule has 2 N–H and O–H groups in total.